The molecular weight excluding hydrogens is 192 g/mol. The first kappa shape index (κ1) is 9.46. The number of aromatic nitrogens is 3. The summed E-state index contributed by atoms with van der Waals surface area (Å²) in [6.07, 6.45) is 3.03. The summed E-state index contributed by atoms with van der Waals surface area (Å²) in [5.41, 5.74) is 1.32. The molecule has 0 aliphatic carbocycles. The molecule has 0 atom stereocenters. The van der Waals surface area contributed by atoms with Crippen LogP contribution in [-0.4, -0.2) is 14.6 Å². The third-order valence-electron chi connectivity index (χ3n) is 2.32. The molecule has 1 N–H and O–H groups in total. The van der Waals surface area contributed by atoms with Gasteiger partial charge in [0.25, 0.3) is 5.56 Å². The van der Waals surface area contributed by atoms with Crippen LogP contribution in [-0.2, 0) is 0 Å². The summed E-state index contributed by atoms with van der Waals surface area (Å²) >= 11 is 0. The van der Waals surface area contributed by atoms with Crippen molar-refractivity contribution in [2.45, 2.75) is 19.8 Å². The van der Waals surface area contributed by atoms with Crippen molar-refractivity contribution in [2.24, 2.45) is 0 Å². The Morgan fingerprint density at radius 1 is 1.60 bits per heavy atom. The van der Waals surface area contributed by atoms with E-state index in [9.17, 15) is 4.79 Å². The number of nitriles is 1. The number of hydrogen-bond donors (Lipinski definition) is 1. The van der Waals surface area contributed by atoms with Gasteiger partial charge >= 0.3 is 0 Å². The summed E-state index contributed by atoms with van der Waals surface area (Å²) in [5.74, 6) is 0.132. The van der Waals surface area contributed by atoms with Gasteiger partial charge in [-0.1, -0.05) is 13.8 Å². The summed E-state index contributed by atoms with van der Waals surface area (Å²) < 4.78 is 1.23. The number of aromatic amines is 1. The van der Waals surface area contributed by atoms with Crippen molar-refractivity contribution in [1.29, 1.82) is 5.26 Å². The second-order valence-corrected chi connectivity index (χ2v) is 3.63. The lowest BCUT2D eigenvalue weighted by Gasteiger charge is -2.03. The largest absolute Gasteiger partial charge is 0.345 e. The monoisotopic (exact) mass is 202 g/mol. The van der Waals surface area contributed by atoms with Crippen LogP contribution >= 0.6 is 0 Å². The van der Waals surface area contributed by atoms with E-state index in [1.54, 1.807) is 6.20 Å². The molecule has 0 aromatic carbocycles. The zero-order chi connectivity index (χ0) is 11.0. The molecule has 5 nitrogen and oxygen atoms in total. The third-order valence-corrected chi connectivity index (χ3v) is 2.32. The Hall–Kier alpha value is -2.09. The Bertz CT molecular complexity index is 600. The fourth-order valence-corrected chi connectivity index (χ4v) is 1.47. The van der Waals surface area contributed by atoms with E-state index in [1.807, 2.05) is 19.9 Å². The Balaban J connectivity index is 2.83. The Labute approximate surface area is 86.0 Å². The minimum Gasteiger partial charge on any atom is -0.345 e. The van der Waals surface area contributed by atoms with Crippen molar-refractivity contribution in [3.63, 3.8) is 0 Å². The van der Waals surface area contributed by atoms with Crippen molar-refractivity contribution in [2.75, 3.05) is 0 Å². The van der Waals surface area contributed by atoms with Gasteiger partial charge in [0.15, 0.2) is 5.65 Å². The fourth-order valence-electron chi connectivity index (χ4n) is 1.47. The smallest absolute Gasteiger partial charge is 0.277 e. The van der Waals surface area contributed by atoms with E-state index < -0.39 is 0 Å². The zero-order valence-electron chi connectivity index (χ0n) is 8.48. The van der Waals surface area contributed by atoms with Crippen LogP contribution < -0.4 is 5.56 Å². The van der Waals surface area contributed by atoms with Gasteiger partial charge in [0, 0.05) is 11.8 Å². The molecule has 76 valence electrons. The Morgan fingerprint density at radius 2 is 2.33 bits per heavy atom. The van der Waals surface area contributed by atoms with Crippen molar-refractivity contribution >= 4 is 5.65 Å². The van der Waals surface area contributed by atoms with Crippen LogP contribution in [0.3, 0.4) is 0 Å². The molecule has 15 heavy (non-hydrogen) atoms. The molecule has 0 spiro atoms. The van der Waals surface area contributed by atoms with E-state index in [1.165, 1.54) is 10.7 Å². The molecule has 2 rings (SSSR count). The molecule has 0 radical (unpaired) electrons. The summed E-state index contributed by atoms with van der Waals surface area (Å²) in [4.78, 5) is 14.8. The maximum atomic E-state index is 11.9. The number of rotatable bonds is 1. The van der Waals surface area contributed by atoms with Crippen LogP contribution in [0, 0.1) is 11.3 Å². The van der Waals surface area contributed by atoms with Gasteiger partial charge in [0.1, 0.15) is 11.6 Å². The molecule has 0 fully saturated rings. The molecule has 2 aromatic rings. The van der Waals surface area contributed by atoms with Gasteiger partial charge in [-0.2, -0.15) is 14.9 Å². The second kappa shape index (κ2) is 3.24. The lowest BCUT2D eigenvalue weighted by atomic mass is 10.1. The number of nitrogens with one attached hydrogen (secondary N) is 1. The van der Waals surface area contributed by atoms with Gasteiger partial charge < -0.3 is 4.98 Å². The Kier molecular flexibility index (Phi) is 2.05. The normalized spacial score (nSPS) is 10.8. The van der Waals surface area contributed by atoms with E-state index in [2.05, 4.69) is 10.1 Å². The van der Waals surface area contributed by atoms with E-state index in [0.717, 1.165) is 0 Å². The standard InChI is InChI=1S/C10H10N4O/c1-6(2)8-5-12-9-7(3-11)4-13-14(9)10(8)15/h4-6,12H,1-2H3. The van der Waals surface area contributed by atoms with Gasteiger partial charge in [0.05, 0.1) is 6.20 Å². The number of nitrogens with zero attached hydrogens (tertiary/aromatic N) is 3. The van der Waals surface area contributed by atoms with Gasteiger partial charge in [0.2, 0.25) is 0 Å². The quantitative estimate of drug-likeness (QED) is 0.750. The van der Waals surface area contributed by atoms with Crippen LogP contribution in [0.25, 0.3) is 5.65 Å². The first-order chi connectivity index (χ1) is 7.15. The predicted molar refractivity (Wildman–Crippen MR) is 54.6 cm³/mol. The molecule has 0 bridgehead atoms. The van der Waals surface area contributed by atoms with Crippen LogP contribution in [0.5, 0.6) is 0 Å². The van der Waals surface area contributed by atoms with Crippen molar-refractivity contribution in [3.8, 4) is 6.07 Å². The van der Waals surface area contributed by atoms with Gasteiger partial charge in [-0.05, 0) is 5.92 Å². The highest BCUT2D eigenvalue weighted by Crippen LogP contribution is 2.10. The first-order valence-corrected chi connectivity index (χ1v) is 4.64. The SMILES string of the molecule is CC(C)c1c[nH]c2c(C#N)cnn2c1=O. The molecular formula is C10H10N4O. The summed E-state index contributed by atoms with van der Waals surface area (Å²) in [5, 5.41) is 12.7. The summed E-state index contributed by atoms with van der Waals surface area (Å²) in [6, 6.07) is 1.97. The molecule has 0 amide bonds. The van der Waals surface area contributed by atoms with E-state index in [0.29, 0.717) is 16.8 Å². The molecule has 0 aliphatic heterocycles. The minimum absolute atomic E-state index is 0.132. The maximum absolute atomic E-state index is 11.9. The second-order valence-electron chi connectivity index (χ2n) is 3.63. The highest BCUT2D eigenvalue weighted by atomic mass is 16.1. The number of fused-ring (bicyclic) bond motifs is 1. The average molecular weight is 202 g/mol. The molecule has 2 heterocycles. The predicted octanol–water partition coefficient (Wildman–Crippen LogP) is 1.02. The van der Waals surface area contributed by atoms with Crippen molar-refractivity contribution in [3.05, 3.63) is 33.9 Å². The minimum atomic E-state index is -0.166. The molecule has 0 unspecified atom stereocenters. The topological polar surface area (TPSA) is 73.9 Å². The molecule has 2 aromatic heterocycles. The lowest BCUT2D eigenvalue weighted by Crippen LogP contribution is -2.20. The zero-order valence-corrected chi connectivity index (χ0v) is 8.48. The Morgan fingerprint density at radius 3 is 2.93 bits per heavy atom. The van der Waals surface area contributed by atoms with Crippen LogP contribution in [0.1, 0.15) is 30.9 Å². The van der Waals surface area contributed by atoms with Crippen LogP contribution in [0.4, 0.5) is 0 Å². The van der Waals surface area contributed by atoms with E-state index in [4.69, 9.17) is 5.26 Å². The van der Waals surface area contributed by atoms with Crippen molar-refractivity contribution < 1.29 is 0 Å². The fraction of sp³-hybridized carbons (Fsp3) is 0.300. The molecule has 5 heteroatoms. The highest BCUT2D eigenvalue weighted by molar-refractivity contribution is 5.53. The molecule has 0 saturated heterocycles. The highest BCUT2D eigenvalue weighted by Gasteiger charge is 2.11. The molecule has 0 aliphatic rings. The van der Waals surface area contributed by atoms with E-state index in [-0.39, 0.29) is 11.5 Å². The summed E-state index contributed by atoms with van der Waals surface area (Å²) in [7, 11) is 0. The number of H-pyrrole nitrogens is 1. The maximum Gasteiger partial charge on any atom is 0.277 e. The van der Waals surface area contributed by atoms with Crippen LogP contribution in [0.2, 0.25) is 0 Å². The lowest BCUT2D eigenvalue weighted by molar-refractivity contribution is 0.794. The van der Waals surface area contributed by atoms with Crippen LogP contribution in [0.15, 0.2) is 17.2 Å². The van der Waals surface area contributed by atoms with Gasteiger partial charge in [-0.15, -0.1) is 0 Å². The van der Waals surface area contributed by atoms with Gasteiger partial charge in [-0.3, -0.25) is 4.79 Å². The molecule has 0 saturated carbocycles. The average Bonchev–Trinajstić information content (AvgIpc) is 2.61. The number of hydrogen-bond acceptors (Lipinski definition) is 3. The first-order valence-electron chi connectivity index (χ1n) is 4.64. The summed E-state index contributed by atoms with van der Waals surface area (Å²) in [6.45, 7) is 3.87. The van der Waals surface area contributed by atoms with Gasteiger partial charge in [-0.25, -0.2) is 0 Å². The third kappa shape index (κ3) is 1.31. The van der Waals surface area contributed by atoms with Crippen molar-refractivity contribution in [1.82, 2.24) is 14.6 Å². The van der Waals surface area contributed by atoms with E-state index >= 15 is 0 Å².